The van der Waals surface area contributed by atoms with E-state index in [4.69, 9.17) is 0 Å². The van der Waals surface area contributed by atoms with E-state index >= 15 is 0 Å². The molecule has 90 valence electrons. The van der Waals surface area contributed by atoms with Crippen molar-refractivity contribution < 1.29 is 0 Å². The molecule has 3 heteroatoms. The fourth-order valence-corrected chi connectivity index (χ4v) is 1.77. The maximum atomic E-state index is 4.19. The van der Waals surface area contributed by atoms with Crippen LogP contribution in [0, 0.1) is 5.92 Å². The first-order chi connectivity index (χ1) is 7.86. The Labute approximate surface area is 98.7 Å². The van der Waals surface area contributed by atoms with Gasteiger partial charge in [-0.25, -0.2) is 9.97 Å². The lowest BCUT2D eigenvalue weighted by atomic mass is 9.99. The standard InChI is InChI=1S/C13H23N3/c1-3-5-6-12(4-2)9-15-10-13-7-8-14-11-16-13/h7-8,11-12,15H,3-6,9-10H2,1-2H3. The monoisotopic (exact) mass is 221 g/mol. The van der Waals surface area contributed by atoms with Gasteiger partial charge in [-0.15, -0.1) is 0 Å². The molecular weight excluding hydrogens is 198 g/mol. The van der Waals surface area contributed by atoms with Crippen LogP contribution in [0.3, 0.4) is 0 Å². The quantitative estimate of drug-likeness (QED) is 0.733. The minimum absolute atomic E-state index is 0.807. The van der Waals surface area contributed by atoms with Crippen LogP contribution in [-0.4, -0.2) is 16.5 Å². The van der Waals surface area contributed by atoms with Crippen molar-refractivity contribution in [2.45, 2.75) is 46.1 Å². The molecule has 1 N–H and O–H groups in total. The summed E-state index contributed by atoms with van der Waals surface area (Å²) in [5.74, 6) is 0.807. The Morgan fingerprint density at radius 2 is 2.25 bits per heavy atom. The fraction of sp³-hybridized carbons (Fsp3) is 0.692. The molecule has 1 atom stereocenters. The topological polar surface area (TPSA) is 37.8 Å². The zero-order valence-corrected chi connectivity index (χ0v) is 10.4. The van der Waals surface area contributed by atoms with Gasteiger partial charge in [0.05, 0.1) is 5.69 Å². The van der Waals surface area contributed by atoms with Gasteiger partial charge in [-0.2, -0.15) is 0 Å². The summed E-state index contributed by atoms with van der Waals surface area (Å²) in [4.78, 5) is 8.10. The first-order valence-electron chi connectivity index (χ1n) is 6.32. The van der Waals surface area contributed by atoms with E-state index in [0.717, 1.165) is 24.7 Å². The van der Waals surface area contributed by atoms with Crippen molar-refractivity contribution in [1.82, 2.24) is 15.3 Å². The molecule has 0 amide bonds. The lowest BCUT2D eigenvalue weighted by molar-refractivity contribution is 0.418. The highest BCUT2D eigenvalue weighted by molar-refractivity contribution is 4.96. The average Bonchev–Trinajstić information content (AvgIpc) is 2.35. The smallest absolute Gasteiger partial charge is 0.115 e. The molecule has 0 saturated heterocycles. The number of nitrogens with zero attached hydrogens (tertiary/aromatic N) is 2. The molecule has 1 heterocycles. The van der Waals surface area contributed by atoms with E-state index in [-0.39, 0.29) is 0 Å². The normalized spacial score (nSPS) is 12.6. The molecule has 0 radical (unpaired) electrons. The van der Waals surface area contributed by atoms with Crippen LogP contribution >= 0.6 is 0 Å². The predicted octanol–water partition coefficient (Wildman–Crippen LogP) is 2.78. The lowest BCUT2D eigenvalue weighted by Crippen LogP contribution is -2.22. The highest BCUT2D eigenvalue weighted by Crippen LogP contribution is 2.11. The molecule has 0 fully saturated rings. The third kappa shape index (κ3) is 5.21. The minimum atomic E-state index is 0.807. The van der Waals surface area contributed by atoms with Crippen LogP contribution in [0.15, 0.2) is 18.6 Å². The van der Waals surface area contributed by atoms with E-state index < -0.39 is 0 Å². The van der Waals surface area contributed by atoms with Crippen LogP contribution < -0.4 is 5.32 Å². The van der Waals surface area contributed by atoms with Gasteiger partial charge in [0.1, 0.15) is 6.33 Å². The van der Waals surface area contributed by atoms with E-state index in [9.17, 15) is 0 Å². The molecule has 0 aliphatic rings. The minimum Gasteiger partial charge on any atom is -0.311 e. The second-order valence-corrected chi connectivity index (χ2v) is 4.25. The third-order valence-electron chi connectivity index (χ3n) is 2.93. The largest absolute Gasteiger partial charge is 0.311 e. The van der Waals surface area contributed by atoms with E-state index in [0.29, 0.717) is 0 Å². The van der Waals surface area contributed by atoms with Gasteiger partial charge >= 0.3 is 0 Å². The second-order valence-electron chi connectivity index (χ2n) is 4.25. The summed E-state index contributed by atoms with van der Waals surface area (Å²) >= 11 is 0. The Morgan fingerprint density at radius 3 is 2.88 bits per heavy atom. The number of hydrogen-bond acceptors (Lipinski definition) is 3. The van der Waals surface area contributed by atoms with Gasteiger partial charge in [-0.1, -0.05) is 33.1 Å². The maximum Gasteiger partial charge on any atom is 0.115 e. The Hall–Kier alpha value is -0.960. The molecule has 0 spiro atoms. The van der Waals surface area contributed by atoms with Crippen molar-refractivity contribution in [3.63, 3.8) is 0 Å². The highest BCUT2D eigenvalue weighted by Gasteiger charge is 2.04. The molecule has 0 aliphatic carbocycles. The molecule has 0 aromatic carbocycles. The highest BCUT2D eigenvalue weighted by atomic mass is 14.9. The van der Waals surface area contributed by atoms with E-state index in [1.54, 1.807) is 12.5 Å². The molecule has 1 aromatic heterocycles. The molecule has 0 aliphatic heterocycles. The lowest BCUT2D eigenvalue weighted by Gasteiger charge is -2.14. The van der Waals surface area contributed by atoms with Crippen molar-refractivity contribution in [3.05, 3.63) is 24.3 Å². The summed E-state index contributed by atoms with van der Waals surface area (Å²) in [6.45, 7) is 6.47. The summed E-state index contributed by atoms with van der Waals surface area (Å²) in [6, 6.07) is 1.96. The molecular formula is C13H23N3. The van der Waals surface area contributed by atoms with Crippen LogP contribution in [0.5, 0.6) is 0 Å². The van der Waals surface area contributed by atoms with Crippen LogP contribution in [0.25, 0.3) is 0 Å². The van der Waals surface area contributed by atoms with Gasteiger partial charge in [-0.05, 0) is 24.9 Å². The third-order valence-corrected chi connectivity index (χ3v) is 2.93. The first-order valence-corrected chi connectivity index (χ1v) is 6.32. The van der Waals surface area contributed by atoms with Crippen molar-refractivity contribution in [3.8, 4) is 0 Å². The van der Waals surface area contributed by atoms with E-state index in [1.807, 2.05) is 6.07 Å². The number of nitrogens with one attached hydrogen (secondary N) is 1. The number of unbranched alkanes of at least 4 members (excludes halogenated alkanes) is 1. The summed E-state index contributed by atoms with van der Waals surface area (Å²) in [7, 11) is 0. The van der Waals surface area contributed by atoms with Crippen molar-refractivity contribution in [2.75, 3.05) is 6.54 Å². The van der Waals surface area contributed by atoms with Gasteiger partial charge in [0.2, 0.25) is 0 Å². The zero-order valence-electron chi connectivity index (χ0n) is 10.4. The number of hydrogen-bond donors (Lipinski definition) is 1. The van der Waals surface area contributed by atoms with Gasteiger partial charge in [0.25, 0.3) is 0 Å². The summed E-state index contributed by atoms with van der Waals surface area (Å²) in [6.07, 6.45) is 8.63. The van der Waals surface area contributed by atoms with Gasteiger partial charge in [0.15, 0.2) is 0 Å². The molecule has 1 unspecified atom stereocenters. The van der Waals surface area contributed by atoms with Gasteiger partial charge < -0.3 is 5.32 Å². The fourth-order valence-electron chi connectivity index (χ4n) is 1.77. The van der Waals surface area contributed by atoms with Crippen molar-refractivity contribution in [1.29, 1.82) is 0 Å². The molecule has 0 bridgehead atoms. The van der Waals surface area contributed by atoms with Crippen LogP contribution in [0.4, 0.5) is 0 Å². The van der Waals surface area contributed by atoms with Crippen LogP contribution in [0.1, 0.15) is 45.2 Å². The van der Waals surface area contributed by atoms with Crippen LogP contribution in [0.2, 0.25) is 0 Å². The molecule has 1 rings (SSSR count). The predicted molar refractivity (Wildman–Crippen MR) is 67.0 cm³/mol. The first kappa shape index (κ1) is 13.1. The summed E-state index contributed by atoms with van der Waals surface area (Å²) < 4.78 is 0. The molecule has 3 nitrogen and oxygen atoms in total. The van der Waals surface area contributed by atoms with Crippen molar-refractivity contribution >= 4 is 0 Å². The Balaban J connectivity index is 2.18. The van der Waals surface area contributed by atoms with Gasteiger partial charge in [0, 0.05) is 12.7 Å². The average molecular weight is 221 g/mol. The maximum absolute atomic E-state index is 4.19. The van der Waals surface area contributed by atoms with Crippen molar-refractivity contribution in [2.24, 2.45) is 5.92 Å². The number of rotatable bonds is 8. The summed E-state index contributed by atoms with van der Waals surface area (Å²) in [5, 5.41) is 3.47. The second kappa shape index (κ2) is 8.22. The van der Waals surface area contributed by atoms with Gasteiger partial charge in [-0.3, -0.25) is 0 Å². The van der Waals surface area contributed by atoms with E-state index in [1.165, 1.54) is 25.7 Å². The molecule has 16 heavy (non-hydrogen) atoms. The number of aromatic nitrogens is 2. The molecule has 0 saturated carbocycles. The van der Waals surface area contributed by atoms with Crippen LogP contribution in [-0.2, 0) is 6.54 Å². The Morgan fingerprint density at radius 1 is 1.38 bits per heavy atom. The zero-order chi connectivity index (χ0) is 11.6. The summed E-state index contributed by atoms with van der Waals surface area (Å²) in [5.41, 5.74) is 1.07. The Kier molecular flexibility index (Phi) is 6.74. The van der Waals surface area contributed by atoms with E-state index in [2.05, 4.69) is 29.1 Å². The Bertz CT molecular complexity index is 261. The SMILES string of the molecule is CCCCC(CC)CNCc1ccncn1. The molecule has 1 aromatic rings.